The third-order valence-corrected chi connectivity index (χ3v) is 3.82. The zero-order valence-corrected chi connectivity index (χ0v) is 13.4. The van der Waals surface area contributed by atoms with Gasteiger partial charge in [-0.2, -0.15) is 0 Å². The molecule has 4 heteroatoms. The van der Waals surface area contributed by atoms with Crippen molar-refractivity contribution in [3.8, 4) is 0 Å². The zero-order chi connectivity index (χ0) is 16.8. The number of carbonyl (C=O) groups is 1. The highest BCUT2D eigenvalue weighted by molar-refractivity contribution is 5.95. The molecule has 2 N–H and O–H groups in total. The number of hydrogen-bond donors (Lipinski definition) is 2. The molecule has 3 rings (SSSR count). The van der Waals surface area contributed by atoms with Crippen molar-refractivity contribution in [2.24, 2.45) is 0 Å². The molecule has 0 aliphatic heterocycles. The van der Waals surface area contributed by atoms with Gasteiger partial charge in [-0.15, -0.1) is 0 Å². The van der Waals surface area contributed by atoms with Gasteiger partial charge in [0, 0.05) is 18.8 Å². The standard InChI is InChI=1S/C20H19N3O/c1-21-18-14-17(12-13-22-18)20(24)23-19(15-8-4-2-5-9-15)16-10-6-3-7-11-16/h2-14,19H,1H3,(H,21,22)(H,23,24). The third kappa shape index (κ3) is 3.60. The number of aromatic nitrogens is 1. The van der Waals surface area contributed by atoms with Crippen LogP contribution in [0.5, 0.6) is 0 Å². The van der Waals surface area contributed by atoms with E-state index in [-0.39, 0.29) is 11.9 Å². The van der Waals surface area contributed by atoms with Crippen LogP contribution in [0.3, 0.4) is 0 Å². The lowest BCUT2D eigenvalue weighted by molar-refractivity contribution is 0.0943. The lowest BCUT2D eigenvalue weighted by atomic mass is 9.98. The van der Waals surface area contributed by atoms with Crippen LogP contribution in [0.15, 0.2) is 79.0 Å². The van der Waals surface area contributed by atoms with Crippen LogP contribution in [0.1, 0.15) is 27.5 Å². The molecule has 0 aliphatic rings. The molecule has 0 bridgehead atoms. The molecule has 0 unspecified atom stereocenters. The molecule has 24 heavy (non-hydrogen) atoms. The Kier molecular flexibility index (Phi) is 4.87. The summed E-state index contributed by atoms with van der Waals surface area (Å²) in [5.41, 5.74) is 2.66. The van der Waals surface area contributed by atoms with Crippen molar-refractivity contribution >= 4 is 11.7 Å². The molecule has 0 fully saturated rings. The van der Waals surface area contributed by atoms with Crippen molar-refractivity contribution in [2.45, 2.75) is 6.04 Å². The van der Waals surface area contributed by atoms with Crippen LogP contribution >= 0.6 is 0 Å². The Hall–Kier alpha value is -3.14. The number of anilines is 1. The maximum Gasteiger partial charge on any atom is 0.252 e. The molecule has 0 spiro atoms. The average Bonchev–Trinajstić information content (AvgIpc) is 2.67. The Labute approximate surface area is 141 Å². The number of nitrogens with zero attached hydrogens (tertiary/aromatic N) is 1. The van der Waals surface area contributed by atoms with Gasteiger partial charge in [0.15, 0.2) is 0 Å². The summed E-state index contributed by atoms with van der Waals surface area (Å²) >= 11 is 0. The molecule has 1 aromatic heterocycles. The predicted octanol–water partition coefficient (Wildman–Crippen LogP) is 3.64. The zero-order valence-electron chi connectivity index (χ0n) is 13.4. The van der Waals surface area contributed by atoms with E-state index in [0.717, 1.165) is 11.1 Å². The van der Waals surface area contributed by atoms with Crippen LogP contribution in [0.25, 0.3) is 0 Å². The number of hydrogen-bond acceptors (Lipinski definition) is 3. The van der Waals surface area contributed by atoms with Crippen LogP contribution < -0.4 is 10.6 Å². The summed E-state index contributed by atoms with van der Waals surface area (Å²) < 4.78 is 0. The summed E-state index contributed by atoms with van der Waals surface area (Å²) in [7, 11) is 1.78. The lowest BCUT2D eigenvalue weighted by Gasteiger charge is -2.20. The Morgan fingerprint density at radius 3 is 2.04 bits per heavy atom. The molecule has 3 aromatic rings. The second kappa shape index (κ2) is 7.42. The Morgan fingerprint density at radius 2 is 1.50 bits per heavy atom. The van der Waals surface area contributed by atoms with Gasteiger partial charge >= 0.3 is 0 Å². The summed E-state index contributed by atoms with van der Waals surface area (Å²) in [5.74, 6) is 0.533. The van der Waals surface area contributed by atoms with E-state index in [1.54, 1.807) is 25.4 Å². The number of carbonyl (C=O) groups excluding carboxylic acids is 1. The molecule has 2 aromatic carbocycles. The molecule has 1 amide bonds. The van der Waals surface area contributed by atoms with E-state index in [0.29, 0.717) is 11.4 Å². The lowest BCUT2D eigenvalue weighted by Crippen LogP contribution is -2.29. The normalized spacial score (nSPS) is 10.4. The first-order valence-corrected chi connectivity index (χ1v) is 7.82. The molecule has 4 nitrogen and oxygen atoms in total. The fraction of sp³-hybridized carbons (Fsp3) is 0.100. The van der Waals surface area contributed by atoms with Crippen LogP contribution in [-0.2, 0) is 0 Å². The van der Waals surface area contributed by atoms with Gasteiger partial charge in [-0.25, -0.2) is 4.98 Å². The summed E-state index contributed by atoms with van der Waals surface area (Å²) in [6, 6.07) is 23.2. The topological polar surface area (TPSA) is 54.0 Å². The Balaban J connectivity index is 1.91. The second-order valence-electron chi connectivity index (χ2n) is 5.41. The minimum absolute atomic E-state index is 0.133. The van der Waals surface area contributed by atoms with Gasteiger partial charge in [0.1, 0.15) is 5.82 Å². The molecular weight excluding hydrogens is 298 g/mol. The van der Waals surface area contributed by atoms with Gasteiger partial charge < -0.3 is 10.6 Å². The first-order valence-electron chi connectivity index (χ1n) is 7.82. The molecule has 0 aliphatic carbocycles. The highest BCUT2D eigenvalue weighted by Crippen LogP contribution is 2.22. The molecule has 0 radical (unpaired) electrons. The summed E-state index contributed by atoms with van der Waals surface area (Å²) in [6.45, 7) is 0. The minimum Gasteiger partial charge on any atom is -0.373 e. The van der Waals surface area contributed by atoms with Crippen LogP contribution in [0.4, 0.5) is 5.82 Å². The van der Waals surface area contributed by atoms with E-state index in [1.165, 1.54) is 0 Å². The van der Waals surface area contributed by atoms with Crippen molar-refractivity contribution in [3.05, 3.63) is 95.7 Å². The third-order valence-electron chi connectivity index (χ3n) is 3.82. The predicted molar refractivity (Wildman–Crippen MR) is 96.0 cm³/mol. The number of benzene rings is 2. The van der Waals surface area contributed by atoms with Crippen molar-refractivity contribution in [3.63, 3.8) is 0 Å². The van der Waals surface area contributed by atoms with E-state index in [4.69, 9.17) is 0 Å². The van der Waals surface area contributed by atoms with Gasteiger partial charge in [0.2, 0.25) is 0 Å². The first-order chi connectivity index (χ1) is 11.8. The van der Waals surface area contributed by atoms with E-state index >= 15 is 0 Å². The monoisotopic (exact) mass is 317 g/mol. The van der Waals surface area contributed by atoms with Crippen molar-refractivity contribution < 1.29 is 4.79 Å². The van der Waals surface area contributed by atoms with Gasteiger partial charge in [0.25, 0.3) is 5.91 Å². The second-order valence-corrected chi connectivity index (χ2v) is 5.41. The van der Waals surface area contributed by atoms with E-state index in [2.05, 4.69) is 15.6 Å². The SMILES string of the molecule is CNc1cc(C(=O)NC(c2ccccc2)c2ccccc2)ccn1. The molecule has 1 heterocycles. The van der Waals surface area contributed by atoms with Crippen molar-refractivity contribution in [1.82, 2.24) is 10.3 Å². The number of nitrogens with one attached hydrogen (secondary N) is 2. The van der Waals surface area contributed by atoms with E-state index in [1.807, 2.05) is 60.7 Å². The van der Waals surface area contributed by atoms with E-state index in [9.17, 15) is 4.79 Å². The number of rotatable bonds is 5. The number of amides is 1. The maximum absolute atomic E-state index is 12.7. The Bertz CT molecular complexity index is 764. The molecule has 120 valence electrons. The van der Waals surface area contributed by atoms with Gasteiger partial charge in [0.05, 0.1) is 6.04 Å². The van der Waals surface area contributed by atoms with E-state index < -0.39 is 0 Å². The van der Waals surface area contributed by atoms with Crippen LogP contribution in [-0.4, -0.2) is 17.9 Å². The van der Waals surface area contributed by atoms with Crippen molar-refractivity contribution in [2.75, 3.05) is 12.4 Å². The van der Waals surface area contributed by atoms with Gasteiger partial charge in [-0.3, -0.25) is 4.79 Å². The molecule has 0 atom stereocenters. The Morgan fingerprint density at radius 1 is 0.917 bits per heavy atom. The number of pyridine rings is 1. The maximum atomic E-state index is 12.7. The summed E-state index contributed by atoms with van der Waals surface area (Å²) in [6.07, 6.45) is 1.63. The van der Waals surface area contributed by atoms with Gasteiger partial charge in [-0.05, 0) is 23.3 Å². The quantitative estimate of drug-likeness (QED) is 0.755. The molecule has 0 saturated heterocycles. The fourth-order valence-electron chi connectivity index (χ4n) is 2.57. The minimum atomic E-state index is -0.203. The van der Waals surface area contributed by atoms with Gasteiger partial charge in [-0.1, -0.05) is 60.7 Å². The fourth-order valence-corrected chi connectivity index (χ4v) is 2.57. The molecule has 0 saturated carbocycles. The van der Waals surface area contributed by atoms with Crippen LogP contribution in [0.2, 0.25) is 0 Å². The summed E-state index contributed by atoms with van der Waals surface area (Å²) in [4.78, 5) is 16.8. The average molecular weight is 317 g/mol. The highest BCUT2D eigenvalue weighted by Gasteiger charge is 2.17. The smallest absolute Gasteiger partial charge is 0.252 e. The van der Waals surface area contributed by atoms with Crippen LogP contribution in [0, 0.1) is 0 Å². The highest BCUT2D eigenvalue weighted by atomic mass is 16.1. The summed E-state index contributed by atoms with van der Waals surface area (Å²) in [5, 5.41) is 6.07. The van der Waals surface area contributed by atoms with Crippen molar-refractivity contribution in [1.29, 1.82) is 0 Å². The largest absolute Gasteiger partial charge is 0.373 e. The first kappa shape index (κ1) is 15.7. The molecular formula is C20H19N3O.